The van der Waals surface area contributed by atoms with Crippen LogP contribution in [-0.4, -0.2) is 41.5 Å². The molecule has 1 amide bonds. The molecule has 5 nitrogen and oxygen atoms in total. The third-order valence-electron chi connectivity index (χ3n) is 5.80. The Balaban J connectivity index is 0.00000196. The van der Waals surface area contributed by atoms with Crippen molar-refractivity contribution in [3.05, 3.63) is 42.5 Å². The van der Waals surface area contributed by atoms with Crippen molar-refractivity contribution in [3.8, 4) is 0 Å². The average molecular weight is 375 g/mol. The van der Waals surface area contributed by atoms with Gasteiger partial charge in [0, 0.05) is 24.2 Å². The van der Waals surface area contributed by atoms with E-state index in [0.717, 1.165) is 35.7 Å². The number of likely N-dealkylation sites (tertiary alicyclic amines) is 1. The molecule has 2 aliphatic rings. The highest BCUT2D eigenvalue weighted by atomic mass is 35.5. The third-order valence-corrected chi connectivity index (χ3v) is 5.80. The molecule has 2 aromatic carbocycles. The number of nitrogens with zero attached hydrogens (tertiary/aromatic N) is 1. The Morgan fingerprint density at radius 3 is 2.73 bits per heavy atom. The van der Waals surface area contributed by atoms with E-state index in [1.54, 1.807) is 0 Å². The molecule has 0 spiro atoms. The van der Waals surface area contributed by atoms with Crippen molar-refractivity contribution in [2.24, 2.45) is 11.3 Å². The summed E-state index contributed by atoms with van der Waals surface area (Å²) in [7, 11) is 0. The van der Waals surface area contributed by atoms with Gasteiger partial charge in [-0.05, 0) is 30.2 Å². The van der Waals surface area contributed by atoms with Gasteiger partial charge in [0.25, 0.3) is 0 Å². The normalized spacial score (nSPS) is 24.8. The smallest absolute Gasteiger partial charge is 0.311 e. The van der Waals surface area contributed by atoms with Gasteiger partial charge in [-0.1, -0.05) is 42.8 Å². The van der Waals surface area contributed by atoms with E-state index in [-0.39, 0.29) is 30.8 Å². The number of aliphatic carboxylic acids is 1. The van der Waals surface area contributed by atoms with Crippen molar-refractivity contribution < 1.29 is 14.7 Å². The molecular formula is C20H23ClN2O3. The van der Waals surface area contributed by atoms with Crippen LogP contribution in [0.4, 0.5) is 5.69 Å². The number of carbonyl (C=O) groups is 2. The van der Waals surface area contributed by atoms with Gasteiger partial charge in [-0.15, -0.1) is 12.4 Å². The second kappa shape index (κ2) is 7.25. The second-order valence-electron chi connectivity index (χ2n) is 7.29. The highest BCUT2D eigenvalue weighted by molar-refractivity contribution is 6.02. The first-order chi connectivity index (χ1) is 12.1. The molecule has 138 valence electrons. The topological polar surface area (TPSA) is 69.6 Å². The van der Waals surface area contributed by atoms with Gasteiger partial charge in [-0.25, -0.2) is 0 Å². The molecule has 0 bridgehead atoms. The number of halogens is 1. The second-order valence-corrected chi connectivity index (χ2v) is 7.29. The Morgan fingerprint density at radius 2 is 1.96 bits per heavy atom. The van der Waals surface area contributed by atoms with Gasteiger partial charge >= 0.3 is 5.97 Å². The number of hydrogen-bond acceptors (Lipinski definition) is 3. The largest absolute Gasteiger partial charge is 0.481 e. The summed E-state index contributed by atoms with van der Waals surface area (Å²) in [6.07, 6.45) is 2.66. The Bertz CT molecular complexity index is 835. The summed E-state index contributed by atoms with van der Waals surface area (Å²) in [6.45, 7) is 1.43. The number of carbonyl (C=O) groups excluding carboxylic acids is 1. The third kappa shape index (κ3) is 3.17. The minimum atomic E-state index is -0.702. The summed E-state index contributed by atoms with van der Waals surface area (Å²) in [5.74, 6) is -0.612. The summed E-state index contributed by atoms with van der Waals surface area (Å²) in [4.78, 5) is 26.3. The van der Waals surface area contributed by atoms with E-state index in [1.165, 1.54) is 0 Å². The molecule has 26 heavy (non-hydrogen) atoms. The van der Waals surface area contributed by atoms with Crippen LogP contribution < -0.4 is 5.32 Å². The molecular weight excluding hydrogens is 352 g/mol. The predicted molar refractivity (Wildman–Crippen MR) is 104 cm³/mol. The molecule has 6 heteroatoms. The van der Waals surface area contributed by atoms with Crippen LogP contribution in [0.15, 0.2) is 42.5 Å². The summed E-state index contributed by atoms with van der Waals surface area (Å²) in [5.41, 5.74) is 0.162. The van der Waals surface area contributed by atoms with E-state index < -0.39 is 11.4 Å². The molecule has 4 rings (SSSR count). The minimum absolute atomic E-state index is 0. The first kappa shape index (κ1) is 18.7. The molecule has 2 atom stereocenters. The molecule has 2 aromatic rings. The summed E-state index contributed by atoms with van der Waals surface area (Å²) in [6, 6.07) is 13.8. The number of carboxylic acid groups (broad SMARTS) is 1. The molecule has 1 saturated carbocycles. The summed E-state index contributed by atoms with van der Waals surface area (Å²) < 4.78 is 0. The number of amides is 1. The fourth-order valence-electron chi connectivity index (χ4n) is 4.59. The van der Waals surface area contributed by atoms with Crippen molar-refractivity contribution in [1.29, 1.82) is 0 Å². The van der Waals surface area contributed by atoms with Crippen LogP contribution in [-0.2, 0) is 9.59 Å². The number of hydrogen-bond donors (Lipinski definition) is 2. The lowest BCUT2D eigenvalue weighted by Crippen LogP contribution is -2.37. The zero-order valence-corrected chi connectivity index (χ0v) is 15.3. The van der Waals surface area contributed by atoms with Crippen molar-refractivity contribution in [3.63, 3.8) is 0 Å². The fraction of sp³-hybridized carbons (Fsp3) is 0.400. The average Bonchev–Trinajstić information content (AvgIpc) is 3.13. The first-order valence-electron chi connectivity index (χ1n) is 8.82. The van der Waals surface area contributed by atoms with Crippen molar-refractivity contribution in [2.75, 3.05) is 25.0 Å². The van der Waals surface area contributed by atoms with Crippen LogP contribution in [0.5, 0.6) is 0 Å². The van der Waals surface area contributed by atoms with Crippen LogP contribution in [0.25, 0.3) is 10.8 Å². The molecule has 0 unspecified atom stereocenters. The van der Waals surface area contributed by atoms with Crippen molar-refractivity contribution in [2.45, 2.75) is 19.3 Å². The Labute approximate surface area is 158 Å². The van der Waals surface area contributed by atoms with Gasteiger partial charge in [0.05, 0.1) is 12.0 Å². The van der Waals surface area contributed by atoms with E-state index >= 15 is 0 Å². The van der Waals surface area contributed by atoms with Crippen LogP contribution in [0, 0.1) is 11.3 Å². The molecule has 1 aliphatic carbocycles. The number of rotatable bonds is 4. The maximum atomic E-state index is 12.5. The molecule has 0 aromatic heterocycles. The lowest BCUT2D eigenvalue weighted by atomic mass is 9.81. The zero-order chi connectivity index (χ0) is 17.4. The van der Waals surface area contributed by atoms with Crippen LogP contribution in [0.1, 0.15) is 19.3 Å². The fourth-order valence-corrected chi connectivity index (χ4v) is 4.59. The Morgan fingerprint density at radius 1 is 1.19 bits per heavy atom. The van der Waals surface area contributed by atoms with E-state index in [9.17, 15) is 14.7 Å². The molecule has 2 fully saturated rings. The molecule has 1 aliphatic heterocycles. The number of carboxylic acids is 1. The Kier molecular flexibility index (Phi) is 5.21. The predicted octanol–water partition coefficient (Wildman–Crippen LogP) is 3.39. The van der Waals surface area contributed by atoms with Crippen molar-refractivity contribution >= 4 is 40.7 Å². The summed E-state index contributed by atoms with van der Waals surface area (Å²) >= 11 is 0. The quantitative estimate of drug-likeness (QED) is 0.860. The standard InChI is InChI=1S/C20H22N2O3.ClH/c23-18(21-17-9-3-6-14-5-1-2-8-16(14)17)12-22-11-15-7-4-10-20(15,13-22)19(24)25;/h1-3,5-6,8-9,15H,4,7,10-13H2,(H,21,23)(H,24,25);1H/t15-,20+;/m0./s1. The summed E-state index contributed by atoms with van der Waals surface area (Å²) in [5, 5.41) is 14.7. The van der Waals surface area contributed by atoms with Gasteiger partial charge in [0.15, 0.2) is 0 Å². The monoisotopic (exact) mass is 374 g/mol. The van der Waals surface area contributed by atoms with Crippen LogP contribution in [0.2, 0.25) is 0 Å². The van der Waals surface area contributed by atoms with Gasteiger partial charge < -0.3 is 10.4 Å². The van der Waals surface area contributed by atoms with E-state index in [4.69, 9.17) is 0 Å². The number of benzene rings is 2. The Hall–Kier alpha value is -2.11. The lowest BCUT2D eigenvalue weighted by molar-refractivity contribution is -0.149. The minimum Gasteiger partial charge on any atom is -0.481 e. The van der Waals surface area contributed by atoms with Crippen LogP contribution >= 0.6 is 12.4 Å². The first-order valence-corrected chi connectivity index (χ1v) is 8.82. The van der Waals surface area contributed by atoms with E-state index in [0.29, 0.717) is 13.1 Å². The van der Waals surface area contributed by atoms with Gasteiger partial charge in [-0.3, -0.25) is 14.5 Å². The zero-order valence-electron chi connectivity index (χ0n) is 14.5. The molecule has 1 heterocycles. The molecule has 1 saturated heterocycles. The van der Waals surface area contributed by atoms with Gasteiger partial charge in [0.2, 0.25) is 5.91 Å². The highest BCUT2D eigenvalue weighted by Gasteiger charge is 2.54. The van der Waals surface area contributed by atoms with Gasteiger partial charge in [-0.2, -0.15) is 0 Å². The van der Waals surface area contributed by atoms with E-state index in [2.05, 4.69) is 5.32 Å². The maximum absolute atomic E-state index is 12.5. The molecule has 0 radical (unpaired) electrons. The number of nitrogens with one attached hydrogen (secondary N) is 1. The maximum Gasteiger partial charge on any atom is 0.311 e. The highest BCUT2D eigenvalue weighted by Crippen LogP contribution is 2.48. The van der Waals surface area contributed by atoms with E-state index in [1.807, 2.05) is 47.4 Å². The van der Waals surface area contributed by atoms with Crippen LogP contribution in [0.3, 0.4) is 0 Å². The lowest BCUT2D eigenvalue weighted by Gasteiger charge is -2.23. The van der Waals surface area contributed by atoms with Crippen molar-refractivity contribution in [1.82, 2.24) is 4.90 Å². The number of anilines is 1. The number of fused-ring (bicyclic) bond motifs is 2. The SMILES string of the molecule is Cl.O=C(CN1C[C@@H]2CCC[C@@]2(C(=O)O)C1)Nc1cccc2ccccc12. The molecule has 2 N–H and O–H groups in total. The van der Waals surface area contributed by atoms with Gasteiger partial charge in [0.1, 0.15) is 0 Å².